The van der Waals surface area contributed by atoms with Crippen LogP contribution in [0.15, 0.2) is 23.1 Å². The molecule has 0 spiro atoms. The fourth-order valence-corrected chi connectivity index (χ4v) is 2.01. The van der Waals surface area contributed by atoms with Crippen molar-refractivity contribution in [3.8, 4) is 5.88 Å². The van der Waals surface area contributed by atoms with Crippen LogP contribution >= 0.6 is 0 Å². The molecular weight excluding hydrogens is 290 g/mol. The molecule has 0 saturated carbocycles. The highest BCUT2D eigenvalue weighted by atomic mass is 16.7. The number of pyridine rings is 1. The predicted octanol–water partition coefficient (Wildman–Crippen LogP) is 0.0572. The SMILES string of the molecule is COC(CNC(=O)c1c(O)nc2c(C)cccn2c1=O)OC. The Morgan fingerprint density at radius 1 is 1.45 bits per heavy atom. The second-order valence-corrected chi connectivity index (χ2v) is 4.61. The van der Waals surface area contributed by atoms with E-state index in [1.165, 1.54) is 24.8 Å². The van der Waals surface area contributed by atoms with Gasteiger partial charge in [-0.05, 0) is 18.6 Å². The van der Waals surface area contributed by atoms with Gasteiger partial charge in [0.05, 0.1) is 6.54 Å². The number of nitrogens with one attached hydrogen (secondary N) is 1. The number of amides is 1. The second-order valence-electron chi connectivity index (χ2n) is 4.61. The Bertz CT molecular complexity index is 752. The van der Waals surface area contributed by atoms with Crippen LogP contribution in [-0.2, 0) is 9.47 Å². The average molecular weight is 307 g/mol. The lowest BCUT2D eigenvalue weighted by molar-refractivity contribution is -0.0974. The van der Waals surface area contributed by atoms with Gasteiger partial charge in [0, 0.05) is 20.4 Å². The zero-order chi connectivity index (χ0) is 16.3. The molecule has 0 bridgehead atoms. The van der Waals surface area contributed by atoms with E-state index in [4.69, 9.17) is 9.47 Å². The first-order valence-corrected chi connectivity index (χ1v) is 6.54. The van der Waals surface area contributed by atoms with E-state index in [2.05, 4.69) is 10.3 Å². The maximum absolute atomic E-state index is 12.4. The molecule has 0 saturated heterocycles. The van der Waals surface area contributed by atoms with E-state index in [1.807, 2.05) is 0 Å². The minimum Gasteiger partial charge on any atom is -0.493 e. The van der Waals surface area contributed by atoms with Crippen molar-refractivity contribution in [3.05, 3.63) is 39.8 Å². The van der Waals surface area contributed by atoms with Gasteiger partial charge in [-0.1, -0.05) is 6.07 Å². The summed E-state index contributed by atoms with van der Waals surface area (Å²) in [5, 5.41) is 12.4. The quantitative estimate of drug-likeness (QED) is 0.757. The molecule has 8 heteroatoms. The highest BCUT2D eigenvalue weighted by Crippen LogP contribution is 2.13. The van der Waals surface area contributed by atoms with Gasteiger partial charge >= 0.3 is 0 Å². The number of carbonyl (C=O) groups is 1. The number of carbonyl (C=O) groups excluding carboxylic acids is 1. The number of nitrogens with zero attached hydrogens (tertiary/aromatic N) is 2. The summed E-state index contributed by atoms with van der Waals surface area (Å²) in [5.74, 6) is -1.35. The van der Waals surface area contributed by atoms with Crippen LogP contribution in [0, 0.1) is 6.92 Å². The minimum atomic E-state index is -0.745. The van der Waals surface area contributed by atoms with Gasteiger partial charge in [-0.15, -0.1) is 0 Å². The van der Waals surface area contributed by atoms with Crippen LogP contribution in [0.4, 0.5) is 0 Å². The molecule has 2 N–H and O–H groups in total. The van der Waals surface area contributed by atoms with Crippen LogP contribution < -0.4 is 10.9 Å². The van der Waals surface area contributed by atoms with Crippen LogP contribution in [-0.4, -0.2) is 47.5 Å². The smallest absolute Gasteiger partial charge is 0.274 e. The highest BCUT2D eigenvalue weighted by Gasteiger charge is 2.21. The molecular formula is C14H17N3O5. The number of ether oxygens (including phenoxy) is 2. The monoisotopic (exact) mass is 307 g/mol. The molecule has 2 aromatic rings. The zero-order valence-corrected chi connectivity index (χ0v) is 12.5. The largest absolute Gasteiger partial charge is 0.493 e. The lowest BCUT2D eigenvalue weighted by Gasteiger charge is -2.14. The predicted molar refractivity (Wildman–Crippen MR) is 78.0 cm³/mol. The number of hydrogen-bond donors (Lipinski definition) is 2. The van der Waals surface area contributed by atoms with Crippen molar-refractivity contribution in [2.75, 3.05) is 20.8 Å². The van der Waals surface area contributed by atoms with E-state index in [1.54, 1.807) is 19.1 Å². The van der Waals surface area contributed by atoms with E-state index in [9.17, 15) is 14.7 Å². The molecule has 22 heavy (non-hydrogen) atoms. The zero-order valence-electron chi connectivity index (χ0n) is 12.5. The third-order valence-electron chi connectivity index (χ3n) is 3.21. The Balaban J connectivity index is 2.39. The molecule has 0 fully saturated rings. The number of fused-ring (bicyclic) bond motifs is 1. The number of aryl methyl sites for hydroxylation is 1. The molecule has 0 unspecified atom stereocenters. The molecule has 118 valence electrons. The summed E-state index contributed by atoms with van der Waals surface area (Å²) >= 11 is 0. The first-order chi connectivity index (χ1) is 10.5. The lowest BCUT2D eigenvalue weighted by Crippen LogP contribution is -2.37. The molecule has 2 aromatic heterocycles. The Kier molecular flexibility index (Phi) is 4.74. The van der Waals surface area contributed by atoms with Gasteiger partial charge in [0.2, 0.25) is 5.88 Å². The van der Waals surface area contributed by atoms with Crippen LogP contribution in [0.2, 0.25) is 0 Å². The van der Waals surface area contributed by atoms with Crippen LogP contribution in [0.3, 0.4) is 0 Å². The maximum atomic E-state index is 12.4. The number of rotatable bonds is 5. The number of methoxy groups -OCH3 is 2. The summed E-state index contributed by atoms with van der Waals surface area (Å²) in [6.45, 7) is 1.78. The molecule has 0 atom stereocenters. The Labute approximate surface area is 126 Å². The van der Waals surface area contributed by atoms with Crippen molar-refractivity contribution in [2.24, 2.45) is 0 Å². The molecule has 2 rings (SSSR count). The molecule has 0 aromatic carbocycles. The van der Waals surface area contributed by atoms with E-state index < -0.39 is 29.2 Å². The van der Waals surface area contributed by atoms with Gasteiger partial charge in [0.1, 0.15) is 5.65 Å². The van der Waals surface area contributed by atoms with Gasteiger partial charge in [0.15, 0.2) is 11.9 Å². The number of aromatic hydroxyl groups is 1. The molecule has 2 heterocycles. The van der Waals surface area contributed by atoms with Crippen LogP contribution in [0.5, 0.6) is 5.88 Å². The highest BCUT2D eigenvalue weighted by molar-refractivity contribution is 5.96. The Hall–Kier alpha value is -2.45. The first-order valence-electron chi connectivity index (χ1n) is 6.54. The molecule has 0 aliphatic carbocycles. The molecule has 1 amide bonds. The normalized spacial score (nSPS) is 11.1. The van der Waals surface area contributed by atoms with Crippen LogP contribution in [0.1, 0.15) is 15.9 Å². The lowest BCUT2D eigenvalue weighted by atomic mass is 10.2. The van der Waals surface area contributed by atoms with Gasteiger partial charge in [-0.2, -0.15) is 4.98 Å². The van der Waals surface area contributed by atoms with Crippen molar-refractivity contribution in [2.45, 2.75) is 13.2 Å². The fourth-order valence-electron chi connectivity index (χ4n) is 2.01. The van der Waals surface area contributed by atoms with Crippen molar-refractivity contribution in [1.82, 2.24) is 14.7 Å². The summed E-state index contributed by atoms with van der Waals surface area (Å²) in [7, 11) is 2.85. The van der Waals surface area contributed by atoms with E-state index in [0.29, 0.717) is 11.2 Å². The Morgan fingerprint density at radius 3 is 2.77 bits per heavy atom. The van der Waals surface area contributed by atoms with Crippen molar-refractivity contribution >= 4 is 11.6 Å². The third-order valence-corrected chi connectivity index (χ3v) is 3.21. The summed E-state index contributed by atoms with van der Waals surface area (Å²) in [5.41, 5.74) is -0.0574. The van der Waals surface area contributed by atoms with Gasteiger partial charge in [-0.3, -0.25) is 14.0 Å². The van der Waals surface area contributed by atoms with Crippen LogP contribution in [0.25, 0.3) is 5.65 Å². The summed E-state index contributed by atoms with van der Waals surface area (Å²) in [4.78, 5) is 28.4. The van der Waals surface area contributed by atoms with Crippen molar-refractivity contribution < 1.29 is 19.4 Å². The fraction of sp³-hybridized carbons (Fsp3) is 0.357. The summed E-state index contributed by atoms with van der Waals surface area (Å²) in [6, 6.07) is 3.42. The first kappa shape index (κ1) is 15.9. The van der Waals surface area contributed by atoms with Crippen molar-refractivity contribution in [1.29, 1.82) is 0 Å². The second kappa shape index (κ2) is 6.54. The van der Waals surface area contributed by atoms with Gasteiger partial charge in [-0.25, -0.2) is 0 Å². The third kappa shape index (κ3) is 2.92. The van der Waals surface area contributed by atoms with Crippen molar-refractivity contribution in [3.63, 3.8) is 0 Å². The molecule has 8 nitrogen and oxygen atoms in total. The van der Waals surface area contributed by atoms with Gasteiger partial charge < -0.3 is 19.9 Å². The van der Waals surface area contributed by atoms with E-state index >= 15 is 0 Å². The van der Waals surface area contributed by atoms with E-state index in [0.717, 1.165) is 0 Å². The minimum absolute atomic E-state index is 0.0290. The molecule has 0 aliphatic heterocycles. The molecule has 0 aliphatic rings. The summed E-state index contributed by atoms with van der Waals surface area (Å²) in [6.07, 6.45) is 0.838. The standard InChI is InChI=1S/C14H17N3O5/c1-8-5-4-6-17-11(8)16-13(19)10(14(17)20)12(18)15-7-9(21-2)22-3/h4-6,9,19H,7H2,1-3H3,(H,15,18). The average Bonchev–Trinajstić information content (AvgIpc) is 2.49. The number of hydrogen-bond acceptors (Lipinski definition) is 6. The molecule has 0 radical (unpaired) electrons. The topological polar surface area (TPSA) is 102 Å². The number of aromatic nitrogens is 2. The van der Waals surface area contributed by atoms with Gasteiger partial charge in [0.25, 0.3) is 11.5 Å². The maximum Gasteiger partial charge on any atom is 0.274 e. The Morgan fingerprint density at radius 2 is 2.14 bits per heavy atom. The van der Waals surface area contributed by atoms with E-state index in [-0.39, 0.29) is 6.54 Å². The summed E-state index contributed by atoms with van der Waals surface area (Å²) < 4.78 is 11.1.